The number of alkyl halides is 3. The predicted octanol–water partition coefficient (Wildman–Crippen LogP) is 6.08. The van der Waals surface area contributed by atoms with Crippen molar-refractivity contribution in [3.8, 4) is 0 Å². The molecule has 1 aliphatic heterocycles. The van der Waals surface area contributed by atoms with E-state index < -0.39 is 35.0 Å². The van der Waals surface area contributed by atoms with Crippen molar-refractivity contribution in [1.82, 2.24) is 0 Å². The minimum absolute atomic E-state index is 0.122. The van der Waals surface area contributed by atoms with Gasteiger partial charge in [-0.05, 0) is 30.3 Å². The van der Waals surface area contributed by atoms with Crippen molar-refractivity contribution in [2.24, 2.45) is 0 Å². The molecule has 2 amide bonds. The van der Waals surface area contributed by atoms with E-state index in [-0.39, 0.29) is 28.6 Å². The molecule has 11 heteroatoms. The molecule has 0 fully saturated rings. The summed E-state index contributed by atoms with van der Waals surface area (Å²) in [6.45, 7) is 0. The number of anilines is 2. The summed E-state index contributed by atoms with van der Waals surface area (Å²) in [7, 11) is 0. The summed E-state index contributed by atoms with van der Waals surface area (Å²) in [5.41, 5.74) is -0.363. The second kappa shape index (κ2) is 10.6. The van der Waals surface area contributed by atoms with Gasteiger partial charge in [0.2, 0.25) is 12.0 Å². The van der Waals surface area contributed by atoms with Crippen LogP contribution in [0, 0.1) is 0 Å². The average Bonchev–Trinajstić information content (AvgIpc) is 2.84. The van der Waals surface area contributed by atoms with Crippen molar-refractivity contribution in [1.29, 1.82) is 0 Å². The molecule has 0 unspecified atom stereocenters. The highest BCUT2D eigenvalue weighted by Crippen LogP contribution is 2.37. The number of hydrogen-bond donors (Lipinski definition) is 2. The largest absolute Gasteiger partial charge is 0.447 e. The first-order chi connectivity index (χ1) is 17.1. The minimum Gasteiger partial charge on any atom is -0.447 e. The average molecular weight is 535 g/mol. The molecule has 0 radical (unpaired) electrons. The highest BCUT2D eigenvalue weighted by molar-refractivity contribution is 8.01. The van der Waals surface area contributed by atoms with Crippen LogP contribution in [0.4, 0.5) is 24.5 Å². The summed E-state index contributed by atoms with van der Waals surface area (Å²) in [5.74, 6) is -2.12. The third kappa shape index (κ3) is 6.00. The van der Waals surface area contributed by atoms with Gasteiger partial charge in [-0.3, -0.25) is 14.4 Å². The van der Waals surface area contributed by atoms with E-state index in [1.165, 1.54) is 23.9 Å². The van der Waals surface area contributed by atoms with Crippen molar-refractivity contribution in [2.75, 3.05) is 10.6 Å². The molecule has 1 aliphatic rings. The van der Waals surface area contributed by atoms with E-state index in [2.05, 4.69) is 10.6 Å². The Balaban J connectivity index is 1.52. The number of para-hydroxylation sites is 1. The monoisotopic (exact) mass is 534 g/mol. The van der Waals surface area contributed by atoms with Crippen LogP contribution in [-0.2, 0) is 25.3 Å². The Kier molecular flexibility index (Phi) is 7.56. The lowest BCUT2D eigenvalue weighted by atomic mass is 10.1. The number of halogens is 4. The summed E-state index contributed by atoms with van der Waals surface area (Å²) in [4.78, 5) is 39.1. The lowest BCUT2D eigenvalue weighted by molar-refractivity contribution is -0.155. The molecule has 0 aromatic heterocycles. The Morgan fingerprint density at radius 1 is 1.06 bits per heavy atom. The molecule has 0 spiro atoms. The van der Waals surface area contributed by atoms with Crippen molar-refractivity contribution in [2.45, 2.75) is 28.8 Å². The fraction of sp³-hybridized carbons (Fsp3) is 0.160. The number of nitrogens with one attached hydrogen (secondary N) is 2. The summed E-state index contributed by atoms with van der Waals surface area (Å²) in [6, 6.07) is 17.6. The standard InChI is InChI=1S/C25H18ClF3N2O4S/c26-16-11-10-15(25(27,28)29)12-18(16)31-24(34)22(14-6-2-1-3-7-14)35-21(32)13-20-23(33)30-17-8-4-5-9-19(17)36-20/h1-12,20,22H,13H2,(H,30,33)(H,31,34)/t20-,22+/m0/s1. The van der Waals surface area contributed by atoms with Crippen LogP contribution in [0.15, 0.2) is 77.7 Å². The number of hydrogen-bond acceptors (Lipinski definition) is 5. The van der Waals surface area contributed by atoms with Gasteiger partial charge in [0, 0.05) is 10.5 Å². The second-order valence-corrected chi connectivity index (χ2v) is 9.41. The lowest BCUT2D eigenvalue weighted by Gasteiger charge is -2.24. The van der Waals surface area contributed by atoms with Crippen LogP contribution in [0.2, 0.25) is 5.02 Å². The topological polar surface area (TPSA) is 84.5 Å². The van der Waals surface area contributed by atoms with Crippen LogP contribution in [0.3, 0.4) is 0 Å². The molecule has 36 heavy (non-hydrogen) atoms. The first kappa shape index (κ1) is 25.6. The number of thioether (sulfide) groups is 1. The van der Waals surface area contributed by atoms with Crippen LogP contribution in [-0.4, -0.2) is 23.0 Å². The van der Waals surface area contributed by atoms with Gasteiger partial charge in [0.15, 0.2) is 0 Å². The van der Waals surface area contributed by atoms with Gasteiger partial charge < -0.3 is 15.4 Å². The van der Waals surface area contributed by atoms with Crippen LogP contribution in [0.5, 0.6) is 0 Å². The van der Waals surface area contributed by atoms with Crippen molar-refractivity contribution >= 4 is 52.5 Å². The third-order valence-electron chi connectivity index (χ3n) is 5.20. The van der Waals surface area contributed by atoms with Gasteiger partial charge in [0.1, 0.15) is 0 Å². The Morgan fingerprint density at radius 3 is 2.47 bits per heavy atom. The molecular formula is C25H18ClF3N2O4S. The predicted molar refractivity (Wildman–Crippen MR) is 130 cm³/mol. The molecule has 3 aromatic rings. The molecule has 1 heterocycles. The van der Waals surface area contributed by atoms with E-state index in [0.29, 0.717) is 11.8 Å². The molecule has 6 nitrogen and oxygen atoms in total. The zero-order valence-electron chi connectivity index (χ0n) is 18.3. The molecule has 4 rings (SSSR count). The van der Waals surface area contributed by atoms with Crippen molar-refractivity contribution in [3.05, 3.63) is 88.9 Å². The number of rotatable bonds is 6. The molecule has 0 bridgehead atoms. The van der Waals surface area contributed by atoms with Gasteiger partial charge in [-0.15, -0.1) is 11.8 Å². The van der Waals surface area contributed by atoms with Gasteiger partial charge >= 0.3 is 12.1 Å². The maximum atomic E-state index is 13.1. The van der Waals surface area contributed by atoms with E-state index in [1.54, 1.807) is 42.5 Å². The van der Waals surface area contributed by atoms with Gasteiger partial charge in [-0.1, -0.05) is 54.1 Å². The second-order valence-electron chi connectivity index (χ2n) is 7.76. The molecule has 2 atom stereocenters. The first-order valence-electron chi connectivity index (χ1n) is 10.6. The maximum Gasteiger partial charge on any atom is 0.416 e. The SMILES string of the molecule is O=C(C[C@@H]1Sc2ccccc2NC1=O)O[C@@H](C(=O)Nc1cc(C(F)(F)F)ccc1Cl)c1ccccc1. The summed E-state index contributed by atoms with van der Waals surface area (Å²) in [5, 5.41) is 4.14. The van der Waals surface area contributed by atoms with E-state index in [0.717, 1.165) is 17.0 Å². The van der Waals surface area contributed by atoms with Crippen LogP contribution >= 0.6 is 23.4 Å². The third-order valence-corrected chi connectivity index (χ3v) is 6.80. The highest BCUT2D eigenvalue weighted by atomic mass is 35.5. The summed E-state index contributed by atoms with van der Waals surface area (Å²) < 4.78 is 44.8. The Labute approximate surface area is 213 Å². The molecule has 3 aromatic carbocycles. The summed E-state index contributed by atoms with van der Waals surface area (Å²) >= 11 is 7.19. The number of carbonyl (C=O) groups excluding carboxylic acids is 3. The summed E-state index contributed by atoms with van der Waals surface area (Å²) in [6.07, 6.45) is -6.47. The molecule has 0 saturated heterocycles. The number of benzene rings is 3. The Morgan fingerprint density at radius 2 is 1.75 bits per heavy atom. The fourth-order valence-electron chi connectivity index (χ4n) is 3.45. The lowest BCUT2D eigenvalue weighted by Crippen LogP contribution is -2.33. The molecule has 186 valence electrons. The Hall–Kier alpha value is -3.50. The number of esters is 1. The zero-order chi connectivity index (χ0) is 25.9. The molecule has 2 N–H and O–H groups in total. The van der Waals surface area contributed by atoms with E-state index in [1.807, 2.05) is 0 Å². The van der Waals surface area contributed by atoms with Gasteiger partial charge in [-0.2, -0.15) is 13.2 Å². The zero-order valence-corrected chi connectivity index (χ0v) is 19.9. The smallest absolute Gasteiger partial charge is 0.416 e. The van der Waals surface area contributed by atoms with Crippen LogP contribution < -0.4 is 10.6 Å². The molecule has 0 saturated carbocycles. The van der Waals surface area contributed by atoms with Gasteiger partial charge in [0.25, 0.3) is 5.91 Å². The maximum absolute atomic E-state index is 13.1. The van der Waals surface area contributed by atoms with E-state index >= 15 is 0 Å². The number of ether oxygens (including phenoxy) is 1. The fourth-order valence-corrected chi connectivity index (χ4v) is 4.71. The Bertz CT molecular complexity index is 1300. The van der Waals surface area contributed by atoms with Crippen molar-refractivity contribution < 1.29 is 32.3 Å². The van der Waals surface area contributed by atoms with Crippen LogP contribution in [0.25, 0.3) is 0 Å². The first-order valence-corrected chi connectivity index (χ1v) is 11.9. The van der Waals surface area contributed by atoms with E-state index in [9.17, 15) is 27.6 Å². The van der Waals surface area contributed by atoms with E-state index in [4.69, 9.17) is 16.3 Å². The molecular weight excluding hydrogens is 517 g/mol. The van der Waals surface area contributed by atoms with Crippen LogP contribution in [0.1, 0.15) is 23.7 Å². The minimum atomic E-state index is -4.65. The normalized spacial score (nSPS) is 15.9. The number of amides is 2. The van der Waals surface area contributed by atoms with Crippen molar-refractivity contribution in [3.63, 3.8) is 0 Å². The quantitative estimate of drug-likeness (QED) is 0.374. The van der Waals surface area contributed by atoms with Gasteiger partial charge in [0.05, 0.1) is 33.6 Å². The molecule has 0 aliphatic carbocycles. The van der Waals surface area contributed by atoms with Gasteiger partial charge in [-0.25, -0.2) is 0 Å². The highest BCUT2D eigenvalue weighted by Gasteiger charge is 2.34. The number of fused-ring (bicyclic) bond motifs is 1. The number of carbonyl (C=O) groups is 3.